The molecule has 0 saturated carbocycles. The highest BCUT2D eigenvalue weighted by molar-refractivity contribution is 6.28. The Bertz CT molecular complexity index is 1490. The average Bonchev–Trinajstić information content (AvgIpc) is 3.22. The van der Waals surface area contributed by atoms with E-state index in [2.05, 4.69) is 4.99 Å². The predicted molar refractivity (Wildman–Crippen MR) is 149 cm³/mol. The molecule has 1 unspecified atom stereocenters. The molecule has 2 heterocycles. The summed E-state index contributed by atoms with van der Waals surface area (Å²) in [7, 11) is 1.63. The molecule has 38 heavy (non-hydrogen) atoms. The number of benzene rings is 4. The van der Waals surface area contributed by atoms with Gasteiger partial charge in [0.1, 0.15) is 5.75 Å². The van der Waals surface area contributed by atoms with Gasteiger partial charge in [-0.3, -0.25) is 9.69 Å². The van der Waals surface area contributed by atoms with Gasteiger partial charge in [0.15, 0.2) is 11.7 Å². The molecule has 1 saturated heterocycles. The number of amides is 1. The lowest BCUT2D eigenvalue weighted by atomic mass is 9.80. The zero-order valence-electron chi connectivity index (χ0n) is 21.2. The number of aliphatic imine (C=N–C) groups is 2. The van der Waals surface area contributed by atoms with E-state index in [-0.39, 0.29) is 11.9 Å². The van der Waals surface area contributed by atoms with Gasteiger partial charge in [0, 0.05) is 0 Å². The van der Waals surface area contributed by atoms with Crippen molar-refractivity contribution in [1.29, 1.82) is 0 Å². The Morgan fingerprint density at radius 2 is 1.39 bits per heavy atom. The number of hydrogen-bond donors (Lipinski definition) is 1. The average molecular weight is 502 g/mol. The van der Waals surface area contributed by atoms with Crippen LogP contribution in [-0.4, -0.2) is 29.8 Å². The Balaban J connectivity index is 1.67. The number of nitrogens with zero attached hydrogens (tertiary/aromatic N) is 4. The third kappa shape index (κ3) is 3.55. The van der Waals surface area contributed by atoms with Crippen LogP contribution in [0.1, 0.15) is 28.4 Å². The van der Waals surface area contributed by atoms with Crippen molar-refractivity contribution in [3.63, 3.8) is 0 Å². The summed E-state index contributed by atoms with van der Waals surface area (Å²) in [5.74, 6) is 1.12. The summed E-state index contributed by atoms with van der Waals surface area (Å²) in [5.41, 5.74) is 9.36. The van der Waals surface area contributed by atoms with E-state index in [4.69, 9.17) is 15.5 Å². The van der Waals surface area contributed by atoms with E-state index in [1.807, 2.05) is 121 Å². The number of guanidine groups is 2. The molecule has 4 aromatic rings. The molecule has 0 aliphatic carbocycles. The summed E-state index contributed by atoms with van der Waals surface area (Å²) >= 11 is 0. The van der Waals surface area contributed by atoms with Gasteiger partial charge >= 0.3 is 0 Å². The molecule has 0 radical (unpaired) electrons. The van der Waals surface area contributed by atoms with Gasteiger partial charge in [0.25, 0.3) is 5.91 Å². The number of nitrogens with two attached hydrogens (primary N) is 1. The Hall–Kier alpha value is -4.91. The number of hydrogen-bond acceptors (Lipinski definition) is 6. The molecule has 0 spiro atoms. The maximum absolute atomic E-state index is 15.0. The van der Waals surface area contributed by atoms with Gasteiger partial charge in [0.05, 0.1) is 12.8 Å². The van der Waals surface area contributed by atoms with Crippen LogP contribution in [0.15, 0.2) is 119 Å². The fraction of sp³-hybridized carbons (Fsp3) is 0.129. The lowest BCUT2D eigenvalue weighted by Gasteiger charge is -2.41. The minimum Gasteiger partial charge on any atom is -0.497 e. The molecule has 7 nitrogen and oxygen atoms in total. The third-order valence-corrected chi connectivity index (χ3v) is 7.09. The highest BCUT2D eigenvalue weighted by Gasteiger charge is 2.62. The molecule has 1 amide bonds. The number of ether oxygens (including phenoxy) is 1. The minimum atomic E-state index is -1.25. The van der Waals surface area contributed by atoms with Gasteiger partial charge in [-0.25, -0.2) is 9.89 Å². The molecular formula is C31H27N5O2. The van der Waals surface area contributed by atoms with Crippen molar-refractivity contribution < 1.29 is 9.53 Å². The van der Waals surface area contributed by atoms with Gasteiger partial charge in [-0.1, -0.05) is 90.5 Å². The van der Waals surface area contributed by atoms with Gasteiger partial charge < -0.3 is 10.5 Å². The van der Waals surface area contributed by atoms with Crippen molar-refractivity contribution in [3.05, 3.63) is 131 Å². The van der Waals surface area contributed by atoms with Crippen LogP contribution in [0.4, 0.5) is 5.69 Å². The lowest BCUT2D eigenvalue weighted by molar-refractivity contribution is -0.124. The van der Waals surface area contributed by atoms with E-state index >= 15 is 0 Å². The second-order valence-electron chi connectivity index (χ2n) is 9.33. The molecular weight excluding hydrogens is 474 g/mol. The number of carbonyl (C=O) groups is 1. The first-order valence-electron chi connectivity index (χ1n) is 12.4. The Morgan fingerprint density at radius 1 is 0.816 bits per heavy atom. The molecule has 6 rings (SSSR count). The van der Waals surface area contributed by atoms with Crippen molar-refractivity contribution in [2.24, 2.45) is 15.7 Å². The van der Waals surface area contributed by atoms with Crippen LogP contribution in [0.25, 0.3) is 0 Å². The van der Waals surface area contributed by atoms with Crippen molar-refractivity contribution >= 4 is 23.5 Å². The smallest absolute Gasteiger partial charge is 0.269 e. The molecule has 0 bridgehead atoms. The van der Waals surface area contributed by atoms with Crippen LogP contribution in [0.5, 0.6) is 5.75 Å². The molecule has 0 aromatic heterocycles. The maximum atomic E-state index is 15.0. The summed E-state index contributed by atoms with van der Waals surface area (Å²) in [4.78, 5) is 28.1. The van der Waals surface area contributed by atoms with Crippen LogP contribution in [0.3, 0.4) is 0 Å². The molecule has 4 aromatic carbocycles. The zero-order valence-corrected chi connectivity index (χ0v) is 21.2. The second-order valence-corrected chi connectivity index (χ2v) is 9.33. The largest absolute Gasteiger partial charge is 0.497 e. The Kier molecular flexibility index (Phi) is 5.68. The Labute approximate surface area is 221 Å². The quantitative estimate of drug-likeness (QED) is 0.418. The predicted octanol–water partition coefficient (Wildman–Crippen LogP) is 4.98. The monoisotopic (exact) mass is 501 g/mol. The number of carbonyl (C=O) groups excluding carboxylic acids is 1. The standard InChI is InChI=1S/C31H27N5O2/c1-21-13-17-25(18-14-21)35-28(37)31(23-9-5-3-6-10-23,24-11-7-4-8-12-24)36-27(33-29(32)34-30(35)36)22-15-19-26(38-2)20-16-22/h3-20,27H,1-2H3,(H2,32,33). The van der Waals surface area contributed by atoms with E-state index in [0.717, 1.165) is 28.0 Å². The number of fused-ring (bicyclic) bond motifs is 1. The van der Waals surface area contributed by atoms with Crippen LogP contribution < -0.4 is 15.4 Å². The second kappa shape index (κ2) is 9.19. The summed E-state index contributed by atoms with van der Waals surface area (Å²) < 4.78 is 5.39. The number of anilines is 1. The van der Waals surface area contributed by atoms with Gasteiger partial charge in [-0.2, -0.15) is 4.99 Å². The highest BCUT2D eigenvalue weighted by atomic mass is 16.5. The first-order chi connectivity index (χ1) is 18.5. The summed E-state index contributed by atoms with van der Waals surface area (Å²) in [6.07, 6.45) is -0.617. The van der Waals surface area contributed by atoms with Crippen molar-refractivity contribution in [1.82, 2.24) is 4.90 Å². The van der Waals surface area contributed by atoms with E-state index in [0.29, 0.717) is 11.6 Å². The highest BCUT2D eigenvalue weighted by Crippen LogP contribution is 2.50. The summed E-state index contributed by atoms with van der Waals surface area (Å²) in [6, 6.07) is 35.1. The minimum absolute atomic E-state index is 0.110. The first kappa shape index (κ1) is 23.5. The van der Waals surface area contributed by atoms with E-state index < -0.39 is 11.7 Å². The van der Waals surface area contributed by atoms with E-state index in [1.54, 1.807) is 12.0 Å². The first-order valence-corrected chi connectivity index (χ1v) is 12.4. The fourth-order valence-electron chi connectivity index (χ4n) is 5.30. The third-order valence-electron chi connectivity index (χ3n) is 7.09. The number of methoxy groups -OCH3 is 1. The van der Waals surface area contributed by atoms with Crippen molar-refractivity contribution in [2.75, 3.05) is 12.0 Å². The van der Waals surface area contributed by atoms with Crippen molar-refractivity contribution in [3.8, 4) is 5.75 Å². The normalized spacial score (nSPS) is 18.1. The topological polar surface area (TPSA) is 83.5 Å². The van der Waals surface area contributed by atoms with Crippen LogP contribution in [0, 0.1) is 6.92 Å². The lowest BCUT2D eigenvalue weighted by Crippen LogP contribution is -2.51. The number of aryl methyl sites for hydroxylation is 1. The SMILES string of the molecule is COc1ccc(C2N=C(N)N=C3N(c4ccc(C)cc4)C(=O)C(c4ccccc4)(c4ccccc4)N32)cc1. The van der Waals surface area contributed by atoms with Gasteiger partial charge in [-0.05, 0) is 47.9 Å². The van der Waals surface area contributed by atoms with Crippen molar-refractivity contribution in [2.45, 2.75) is 18.6 Å². The zero-order chi connectivity index (χ0) is 26.3. The molecule has 2 N–H and O–H groups in total. The maximum Gasteiger partial charge on any atom is 0.269 e. The van der Waals surface area contributed by atoms with Crippen LogP contribution in [0.2, 0.25) is 0 Å². The molecule has 1 fully saturated rings. The van der Waals surface area contributed by atoms with Crippen LogP contribution >= 0.6 is 0 Å². The molecule has 188 valence electrons. The van der Waals surface area contributed by atoms with E-state index in [1.165, 1.54) is 0 Å². The molecule has 2 aliphatic heterocycles. The summed E-state index contributed by atoms with van der Waals surface area (Å²) in [6.45, 7) is 2.02. The molecule has 1 atom stereocenters. The van der Waals surface area contributed by atoms with E-state index in [9.17, 15) is 4.79 Å². The number of rotatable bonds is 5. The molecule has 7 heteroatoms. The fourth-order valence-corrected chi connectivity index (χ4v) is 5.30. The van der Waals surface area contributed by atoms with Gasteiger partial charge in [0.2, 0.25) is 11.9 Å². The Morgan fingerprint density at radius 3 is 1.95 bits per heavy atom. The van der Waals surface area contributed by atoms with Crippen LogP contribution in [-0.2, 0) is 10.3 Å². The van der Waals surface area contributed by atoms with Gasteiger partial charge in [-0.15, -0.1) is 0 Å². The molecule has 2 aliphatic rings. The summed E-state index contributed by atoms with van der Waals surface area (Å²) in [5, 5.41) is 0.